The van der Waals surface area contributed by atoms with Crippen LogP contribution in [0.15, 0.2) is 24.3 Å². The topological polar surface area (TPSA) is 12.5 Å². The van der Waals surface area contributed by atoms with Crippen LogP contribution in [0.1, 0.15) is 5.56 Å². The normalized spacial score (nSPS) is 17.4. The first-order chi connectivity index (χ1) is 6.45. The highest BCUT2D eigenvalue weighted by Crippen LogP contribution is 2.05. The highest BCUT2D eigenvalue weighted by atomic mass is 24.3. The summed E-state index contributed by atoms with van der Waals surface area (Å²) in [7, 11) is 0. The van der Waals surface area contributed by atoms with Gasteiger partial charge in [-0.05, 0) is 17.7 Å². The van der Waals surface area contributed by atoms with Crippen LogP contribution in [0, 0.1) is 6.07 Å². The van der Waals surface area contributed by atoms with Crippen molar-refractivity contribution in [1.82, 2.24) is 4.90 Å². The quantitative estimate of drug-likeness (QED) is 0.644. The van der Waals surface area contributed by atoms with Crippen LogP contribution in [0.3, 0.4) is 0 Å². The Bertz CT molecular complexity index is 247. The molecule has 3 heteroatoms. The third-order valence-electron chi connectivity index (χ3n) is 2.28. The fraction of sp³-hybridized carbons (Fsp3) is 0.455. The molecule has 0 bridgehead atoms. The molecule has 1 aliphatic rings. The SMILES string of the molecule is [MgH2].[c]1cccc(CN2CCOCC2)c1. The smallest absolute Gasteiger partial charge is 0.316 e. The molecule has 1 radical (unpaired) electrons. The van der Waals surface area contributed by atoms with Gasteiger partial charge in [-0.25, -0.2) is 0 Å². The predicted molar refractivity (Wildman–Crippen MR) is 59.9 cm³/mol. The summed E-state index contributed by atoms with van der Waals surface area (Å²) in [5.74, 6) is 0. The number of hydrogen-bond donors (Lipinski definition) is 0. The molecule has 0 saturated carbocycles. The number of ether oxygens (including phenoxy) is 1. The van der Waals surface area contributed by atoms with Gasteiger partial charge >= 0.3 is 23.1 Å². The Labute approximate surface area is 101 Å². The fourth-order valence-corrected chi connectivity index (χ4v) is 1.55. The van der Waals surface area contributed by atoms with Crippen molar-refractivity contribution in [2.45, 2.75) is 6.54 Å². The molecule has 73 valence electrons. The number of rotatable bonds is 2. The van der Waals surface area contributed by atoms with Crippen molar-refractivity contribution in [3.63, 3.8) is 0 Å². The van der Waals surface area contributed by atoms with E-state index in [4.69, 9.17) is 4.74 Å². The molecule has 0 N–H and O–H groups in total. The Morgan fingerprint density at radius 3 is 2.79 bits per heavy atom. The summed E-state index contributed by atoms with van der Waals surface area (Å²) >= 11 is 0. The molecule has 1 aliphatic heterocycles. The lowest BCUT2D eigenvalue weighted by Crippen LogP contribution is -2.35. The lowest BCUT2D eigenvalue weighted by molar-refractivity contribution is 0.0342. The molecule has 0 aromatic heterocycles. The van der Waals surface area contributed by atoms with Gasteiger partial charge in [0.25, 0.3) is 0 Å². The highest BCUT2D eigenvalue weighted by Gasteiger charge is 2.09. The molecule has 2 rings (SSSR count). The van der Waals surface area contributed by atoms with Crippen molar-refractivity contribution in [2.75, 3.05) is 26.3 Å². The second kappa shape index (κ2) is 6.40. The molecule has 1 heterocycles. The van der Waals surface area contributed by atoms with Crippen molar-refractivity contribution in [1.29, 1.82) is 0 Å². The van der Waals surface area contributed by atoms with Crippen LogP contribution < -0.4 is 0 Å². The second-order valence-corrected chi connectivity index (χ2v) is 3.30. The lowest BCUT2D eigenvalue weighted by Gasteiger charge is -2.26. The van der Waals surface area contributed by atoms with Gasteiger partial charge in [-0.15, -0.1) is 0 Å². The van der Waals surface area contributed by atoms with Crippen molar-refractivity contribution in [2.24, 2.45) is 0 Å². The number of morpholine rings is 1. The molecular weight excluding hydrogens is 186 g/mol. The molecule has 0 amide bonds. The number of benzene rings is 1. The van der Waals surface area contributed by atoms with E-state index >= 15 is 0 Å². The van der Waals surface area contributed by atoms with Gasteiger partial charge in [0.1, 0.15) is 0 Å². The molecule has 0 aliphatic carbocycles. The Morgan fingerprint density at radius 2 is 2.14 bits per heavy atom. The Kier molecular flexibility index (Phi) is 5.48. The molecule has 0 atom stereocenters. The summed E-state index contributed by atoms with van der Waals surface area (Å²) in [4.78, 5) is 2.41. The number of hydrogen-bond acceptors (Lipinski definition) is 2. The van der Waals surface area contributed by atoms with Gasteiger partial charge in [-0.3, -0.25) is 4.90 Å². The van der Waals surface area contributed by atoms with E-state index in [2.05, 4.69) is 23.1 Å². The van der Waals surface area contributed by atoms with Crippen LogP contribution in [-0.2, 0) is 11.3 Å². The first-order valence-corrected chi connectivity index (χ1v) is 4.70. The fourth-order valence-electron chi connectivity index (χ4n) is 1.55. The predicted octanol–water partition coefficient (Wildman–Crippen LogP) is 0.403. The van der Waals surface area contributed by atoms with E-state index < -0.39 is 0 Å². The van der Waals surface area contributed by atoms with E-state index in [0.29, 0.717) is 0 Å². The third-order valence-corrected chi connectivity index (χ3v) is 2.28. The Hall–Kier alpha value is -0.0938. The molecule has 1 aromatic rings. The standard InChI is InChI=1S/C11H14NO.Mg.2H/c1-2-4-11(5-3-1)10-12-6-8-13-9-7-12;;;/h1-2,4-5H,6-10H2;;;. The zero-order valence-electron chi connectivity index (χ0n) is 7.70. The van der Waals surface area contributed by atoms with Gasteiger partial charge < -0.3 is 4.74 Å². The minimum Gasteiger partial charge on any atom is -0.379 e. The molecule has 1 aromatic carbocycles. The van der Waals surface area contributed by atoms with Crippen LogP contribution in [0.25, 0.3) is 0 Å². The lowest BCUT2D eigenvalue weighted by atomic mass is 10.2. The molecule has 0 spiro atoms. The van der Waals surface area contributed by atoms with Crippen LogP contribution in [0.2, 0.25) is 0 Å². The van der Waals surface area contributed by atoms with E-state index in [1.54, 1.807) is 0 Å². The van der Waals surface area contributed by atoms with Gasteiger partial charge in [-0.1, -0.05) is 18.2 Å². The monoisotopic (exact) mass is 202 g/mol. The molecule has 0 unspecified atom stereocenters. The average molecular weight is 203 g/mol. The zero-order chi connectivity index (χ0) is 8.93. The molecule has 2 nitrogen and oxygen atoms in total. The average Bonchev–Trinajstić information content (AvgIpc) is 2.21. The first-order valence-electron chi connectivity index (χ1n) is 4.70. The summed E-state index contributed by atoms with van der Waals surface area (Å²) in [5, 5.41) is 0. The van der Waals surface area contributed by atoms with Gasteiger partial charge in [-0.2, -0.15) is 0 Å². The summed E-state index contributed by atoms with van der Waals surface area (Å²) in [6, 6.07) is 11.3. The van der Waals surface area contributed by atoms with Crippen LogP contribution in [0.4, 0.5) is 0 Å². The zero-order valence-corrected chi connectivity index (χ0v) is 7.70. The molecular formula is C11H16MgNO. The van der Waals surface area contributed by atoms with E-state index in [-0.39, 0.29) is 23.1 Å². The molecule has 1 fully saturated rings. The summed E-state index contributed by atoms with van der Waals surface area (Å²) in [6.45, 7) is 4.87. The summed E-state index contributed by atoms with van der Waals surface area (Å²) in [5.41, 5.74) is 1.34. The van der Waals surface area contributed by atoms with Crippen molar-refractivity contribution >= 4 is 23.1 Å². The van der Waals surface area contributed by atoms with Gasteiger partial charge in [0.2, 0.25) is 0 Å². The molecule has 14 heavy (non-hydrogen) atoms. The Morgan fingerprint density at radius 1 is 1.36 bits per heavy atom. The summed E-state index contributed by atoms with van der Waals surface area (Å²) < 4.78 is 5.29. The summed E-state index contributed by atoms with van der Waals surface area (Å²) in [6.07, 6.45) is 0. The highest BCUT2D eigenvalue weighted by molar-refractivity contribution is 5.75. The van der Waals surface area contributed by atoms with Crippen molar-refractivity contribution in [3.8, 4) is 0 Å². The van der Waals surface area contributed by atoms with E-state index in [9.17, 15) is 0 Å². The maximum Gasteiger partial charge on any atom is 0.316 e. The van der Waals surface area contributed by atoms with Crippen molar-refractivity contribution < 1.29 is 4.74 Å². The van der Waals surface area contributed by atoms with Crippen molar-refractivity contribution in [3.05, 3.63) is 35.9 Å². The Balaban J connectivity index is 0.000000980. The van der Waals surface area contributed by atoms with Gasteiger partial charge in [0, 0.05) is 19.6 Å². The number of nitrogens with zero attached hydrogens (tertiary/aromatic N) is 1. The maximum atomic E-state index is 5.29. The van der Waals surface area contributed by atoms with Gasteiger partial charge in [0.05, 0.1) is 13.2 Å². The molecule has 1 saturated heterocycles. The van der Waals surface area contributed by atoms with Crippen LogP contribution in [0.5, 0.6) is 0 Å². The van der Waals surface area contributed by atoms with E-state index in [1.165, 1.54) is 5.56 Å². The van der Waals surface area contributed by atoms with Gasteiger partial charge in [0.15, 0.2) is 0 Å². The first kappa shape index (κ1) is 12.0. The third kappa shape index (κ3) is 3.57. The van der Waals surface area contributed by atoms with E-state index in [1.807, 2.05) is 12.1 Å². The maximum absolute atomic E-state index is 5.29. The minimum absolute atomic E-state index is 0. The van der Waals surface area contributed by atoms with Crippen LogP contribution >= 0.6 is 0 Å². The van der Waals surface area contributed by atoms with E-state index in [0.717, 1.165) is 32.8 Å². The largest absolute Gasteiger partial charge is 0.379 e. The minimum atomic E-state index is 0. The van der Waals surface area contributed by atoms with Crippen LogP contribution in [-0.4, -0.2) is 54.3 Å². The second-order valence-electron chi connectivity index (χ2n) is 3.30.